The highest BCUT2D eigenvalue weighted by Crippen LogP contribution is 2.46. The molecule has 2 atom stereocenters. The summed E-state index contributed by atoms with van der Waals surface area (Å²) in [6.07, 6.45) is 3.46. The van der Waals surface area contributed by atoms with Crippen molar-refractivity contribution >= 4 is 6.09 Å². The molecule has 1 spiro atoms. The fourth-order valence-corrected chi connectivity index (χ4v) is 2.55. The smallest absolute Gasteiger partial charge is 0.407 e. The number of hydrogen-bond donors (Lipinski definition) is 2. The van der Waals surface area contributed by atoms with E-state index in [9.17, 15) is 4.79 Å². The van der Waals surface area contributed by atoms with Gasteiger partial charge in [-0.05, 0) is 25.7 Å². The lowest BCUT2D eigenvalue weighted by atomic mass is 9.61. The Labute approximate surface area is 77.7 Å². The number of piperidine rings is 1. The zero-order valence-corrected chi connectivity index (χ0v) is 7.70. The monoisotopic (exact) mass is 184 g/mol. The molecule has 1 aliphatic heterocycles. The van der Waals surface area contributed by atoms with Crippen LogP contribution in [-0.2, 0) is 0 Å². The van der Waals surface area contributed by atoms with Gasteiger partial charge in [-0.15, -0.1) is 0 Å². The van der Waals surface area contributed by atoms with Gasteiger partial charge in [-0.1, -0.05) is 0 Å². The predicted molar refractivity (Wildman–Crippen MR) is 48.5 cm³/mol. The van der Waals surface area contributed by atoms with Crippen LogP contribution in [0.4, 0.5) is 4.79 Å². The zero-order valence-electron chi connectivity index (χ0n) is 7.70. The van der Waals surface area contributed by atoms with Gasteiger partial charge in [-0.2, -0.15) is 0 Å². The molecule has 13 heavy (non-hydrogen) atoms. The van der Waals surface area contributed by atoms with E-state index in [2.05, 4.69) is 0 Å². The Balaban J connectivity index is 2.03. The number of carboxylic acid groups (broad SMARTS) is 1. The quantitative estimate of drug-likeness (QED) is 0.587. The molecule has 1 amide bonds. The van der Waals surface area contributed by atoms with Crippen molar-refractivity contribution in [1.29, 1.82) is 0 Å². The van der Waals surface area contributed by atoms with Crippen LogP contribution in [0.3, 0.4) is 0 Å². The standard InChI is InChI=1S/C9H16N2O2/c10-7-2-4-9(7)3-1-5-11(6-9)8(12)13/h7H,1-6,10H2,(H,12,13). The average Bonchev–Trinajstić information content (AvgIpc) is 2.16. The van der Waals surface area contributed by atoms with Crippen molar-refractivity contribution in [2.75, 3.05) is 13.1 Å². The van der Waals surface area contributed by atoms with Crippen molar-refractivity contribution in [3.05, 3.63) is 0 Å². The van der Waals surface area contributed by atoms with Gasteiger partial charge in [-0.25, -0.2) is 4.79 Å². The molecule has 2 aliphatic rings. The third kappa shape index (κ3) is 1.29. The number of hydrogen-bond acceptors (Lipinski definition) is 2. The number of nitrogens with zero attached hydrogens (tertiary/aromatic N) is 1. The van der Waals surface area contributed by atoms with Gasteiger partial charge in [0.05, 0.1) is 0 Å². The van der Waals surface area contributed by atoms with Crippen molar-refractivity contribution in [1.82, 2.24) is 4.90 Å². The molecule has 0 bridgehead atoms. The maximum absolute atomic E-state index is 10.8. The van der Waals surface area contributed by atoms with Crippen molar-refractivity contribution in [3.63, 3.8) is 0 Å². The Hall–Kier alpha value is -0.770. The van der Waals surface area contributed by atoms with Crippen LogP contribution in [-0.4, -0.2) is 35.2 Å². The lowest BCUT2D eigenvalue weighted by Crippen LogP contribution is -2.59. The summed E-state index contributed by atoms with van der Waals surface area (Å²) in [5.74, 6) is 0. The van der Waals surface area contributed by atoms with Gasteiger partial charge in [0.25, 0.3) is 0 Å². The molecule has 74 valence electrons. The molecule has 3 N–H and O–H groups in total. The molecular formula is C9H16N2O2. The van der Waals surface area contributed by atoms with E-state index in [4.69, 9.17) is 10.8 Å². The topological polar surface area (TPSA) is 66.6 Å². The van der Waals surface area contributed by atoms with E-state index in [1.54, 1.807) is 0 Å². The minimum absolute atomic E-state index is 0.136. The molecule has 4 heteroatoms. The van der Waals surface area contributed by atoms with Gasteiger partial charge in [0.1, 0.15) is 0 Å². The lowest BCUT2D eigenvalue weighted by Gasteiger charge is -2.52. The van der Waals surface area contributed by atoms with Gasteiger partial charge >= 0.3 is 6.09 Å². The van der Waals surface area contributed by atoms with E-state index in [0.29, 0.717) is 13.1 Å². The van der Waals surface area contributed by atoms with E-state index in [-0.39, 0.29) is 11.5 Å². The average molecular weight is 184 g/mol. The van der Waals surface area contributed by atoms with E-state index in [1.807, 2.05) is 0 Å². The van der Waals surface area contributed by atoms with Gasteiger partial charge in [0.15, 0.2) is 0 Å². The summed E-state index contributed by atoms with van der Waals surface area (Å²) in [6.45, 7) is 1.34. The van der Waals surface area contributed by atoms with Crippen LogP contribution in [0.2, 0.25) is 0 Å². The van der Waals surface area contributed by atoms with Crippen LogP contribution in [0.5, 0.6) is 0 Å². The fraction of sp³-hybridized carbons (Fsp3) is 0.889. The summed E-state index contributed by atoms with van der Waals surface area (Å²) >= 11 is 0. The molecule has 2 unspecified atom stereocenters. The van der Waals surface area contributed by atoms with E-state index >= 15 is 0 Å². The zero-order chi connectivity index (χ0) is 9.47. The Morgan fingerprint density at radius 3 is 2.77 bits per heavy atom. The first-order chi connectivity index (χ1) is 6.14. The molecular weight excluding hydrogens is 168 g/mol. The van der Waals surface area contributed by atoms with E-state index in [0.717, 1.165) is 25.7 Å². The molecule has 1 saturated heterocycles. The number of carbonyl (C=O) groups is 1. The molecule has 0 radical (unpaired) electrons. The Morgan fingerprint density at radius 2 is 2.31 bits per heavy atom. The molecule has 1 saturated carbocycles. The number of likely N-dealkylation sites (tertiary alicyclic amines) is 1. The molecule has 0 aromatic rings. The highest BCUT2D eigenvalue weighted by molar-refractivity contribution is 5.65. The summed E-state index contributed by atoms with van der Waals surface area (Å²) in [5, 5.41) is 8.86. The summed E-state index contributed by atoms with van der Waals surface area (Å²) in [4.78, 5) is 12.3. The van der Waals surface area contributed by atoms with Gasteiger partial charge in [0.2, 0.25) is 0 Å². The third-order valence-electron chi connectivity index (χ3n) is 3.62. The van der Waals surface area contributed by atoms with E-state index < -0.39 is 6.09 Å². The Morgan fingerprint density at radius 1 is 1.54 bits per heavy atom. The van der Waals surface area contributed by atoms with Crippen molar-refractivity contribution in [2.24, 2.45) is 11.1 Å². The highest BCUT2D eigenvalue weighted by atomic mass is 16.4. The second-order valence-corrected chi connectivity index (χ2v) is 4.32. The lowest BCUT2D eigenvalue weighted by molar-refractivity contribution is 0.00381. The minimum atomic E-state index is -0.793. The van der Waals surface area contributed by atoms with Crippen LogP contribution < -0.4 is 5.73 Å². The molecule has 1 heterocycles. The molecule has 4 nitrogen and oxygen atoms in total. The predicted octanol–water partition coefficient (Wildman–Crippen LogP) is 0.868. The maximum Gasteiger partial charge on any atom is 0.407 e. The molecule has 2 rings (SSSR count). The Kier molecular flexibility index (Phi) is 1.95. The molecule has 2 fully saturated rings. The van der Waals surface area contributed by atoms with Crippen molar-refractivity contribution in [3.8, 4) is 0 Å². The second kappa shape index (κ2) is 2.87. The number of nitrogens with two attached hydrogens (primary N) is 1. The SMILES string of the molecule is NC1CCC12CCCN(C(=O)O)C2. The largest absolute Gasteiger partial charge is 0.465 e. The van der Waals surface area contributed by atoms with Gasteiger partial charge in [-0.3, -0.25) is 0 Å². The summed E-state index contributed by atoms with van der Waals surface area (Å²) in [7, 11) is 0. The first-order valence-electron chi connectivity index (χ1n) is 4.87. The highest BCUT2D eigenvalue weighted by Gasteiger charge is 2.47. The van der Waals surface area contributed by atoms with Gasteiger partial charge < -0.3 is 15.7 Å². The normalized spacial score (nSPS) is 38.8. The van der Waals surface area contributed by atoms with Crippen LogP contribution >= 0.6 is 0 Å². The van der Waals surface area contributed by atoms with Crippen molar-refractivity contribution in [2.45, 2.75) is 31.7 Å². The molecule has 0 aromatic heterocycles. The first kappa shape index (κ1) is 8.81. The maximum atomic E-state index is 10.8. The molecule has 0 aromatic carbocycles. The first-order valence-corrected chi connectivity index (χ1v) is 4.87. The van der Waals surface area contributed by atoms with Crippen LogP contribution in [0.1, 0.15) is 25.7 Å². The van der Waals surface area contributed by atoms with Gasteiger partial charge in [0, 0.05) is 24.5 Å². The second-order valence-electron chi connectivity index (χ2n) is 4.32. The van der Waals surface area contributed by atoms with Crippen molar-refractivity contribution < 1.29 is 9.90 Å². The number of amides is 1. The fourth-order valence-electron chi connectivity index (χ4n) is 2.55. The summed E-state index contributed by atoms with van der Waals surface area (Å²) in [5.41, 5.74) is 6.07. The van der Waals surface area contributed by atoms with Crippen LogP contribution in [0.15, 0.2) is 0 Å². The third-order valence-corrected chi connectivity index (χ3v) is 3.62. The van der Waals surface area contributed by atoms with Crippen LogP contribution in [0, 0.1) is 5.41 Å². The minimum Gasteiger partial charge on any atom is -0.465 e. The van der Waals surface area contributed by atoms with E-state index in [1.165, 1.54) is 4.90 Å². The summed E-state index contributed by atoms with van der Waals surface area (Å²) in [6, 6.07) is 0.231. The van der Waals surface area contributed by atoms with Crippen LogP contribution in [0.25, 0.3) is 0 Å². The molecule has 1 aliphatic carbocycles. The summed E-state index contributed by atoms with van der Waals surface area (Å²) < 4.78 is 0. The Bertz CT molecular complexity index is 232. The number of rotatable bonds is 0.